The zero-order valence-corrected chi connectivity index (χ0v) is 23.7. The molecular formula is C37H23N5S. The zero-order chi connectivity index (χ0) is 28.6. The summed E-state index contributed by atoms with van der Waals surface area (Å²) in [6.45, 7) is 0. The maximum atomic E-state index is 5.06. The maximum absolute atomic E-state index is 5.06. The van der Waals surface area contributed by atoms with Crippen LogP contribution in [0.25, 0.3) is 77.1 Å². The molecular weight excluding hydrogens is 547 g/mol. The summed E-state index contributed by atoms with van der Waals surface area (Å²) in [4.78, 5) is 24.6. The van der Waals surface area contributed by atoms with Crippen molar-refractivity contribution in [3.8, 4) is 56.1 Å². The van der Waals surface area contributed by atoms with Crippen molar-refractivity contribution in [2.24, 2.45) is 0 Å². The Balaban J connectivity index is 1.24. The van der Waals surface area contributed by atoms with Crippen molar-refractivity contribution in [3.63, 3.8) is 0 Å². The van der Waals surface area contributed by atoms with Gasteiger partial charge < -0.3 is 0 Å². The van der Waals surface area contributed by atoms with Crippen molar-refractivity contribution in [3.05, 3.63) is 140 Å². The molecule has 0 amide bonds. The number of fused-ring (bicyclic) bond motifs is 3. The van der Waals surface area contributed by atoms with Crippen LogP contribution in [0.4, 0.5) is 0 Å². The van der Waals surface area contributed by atoms with Crippen molar-refractivity contribution in [2.75, 3.05) is 0 Å². The topological polar surface area (TPSA) is 64.5 Å². The van der Waals surface area contributed by atoms with Crippen LogP contribution in [-0.2, 0) is 0 Å². The third-order valence-electron chi connectivity index (χ3n) is 7.37. The first-order valence-electron chi connectivity index (χ1n) is 14.0. The van der Waals surface area contributed by atoms with Gasteiger partial charge in [-0.25, -0.2) is 24.9 Å². The van der Waals surface area contributed by atoms with Gasteiger partial charge >= 0.3 is 0 Å². The lowest BCUT2D eigenvalue weighted by molar-refractivity contribution is 1.06. The number of hydrogen-bond acceptors (Lipinski definition) is 6. The summed E-state index contributed by atoms with van der Waals surface area (Å²) >= 11 is 1.72. The van der Waals surface area contributed by atoms with Gasteiger partial charge in [-0.15, -0.1) is 11.3 Å². The fourth-order valence-corrected chi connectivity index (χ4v) is 6.20. The van der Waals surface area contributed by atoms with E-state index in [1.807, 2.05) is 97.1 Å². The average Bonchev–Trinajstić information content (AvgIpc) is 3.54. The van der Waals surface area contributed by atoms with Gasteiger partial charge in [0.25, 0.3) is 0 Å². The first-order valence-corrected chi connectivity index (χ1v) is 14.8. The first-order chi connectivity index (χ1) is 21.3. The normalized spacial score (nSPS) is 11.3. The Morgan fingerprint density at radius 3 is 1.65 bits per heavy atom. The van der Waals surface area contributed by atoms with Gasteiger partial charge in [0.2, 0.25) is 0 Å². The number of benzene rings is 5. The molecule has 0 atom stereocenters. The minimum Gasteiger partial charge on any atom is -0.244 e. The Bertz CT molecular complexity index is 2170. The molecule has 3 heterocycles. The Kier molecular flexibility index (Phi) is 6.24. The molecule has 0 aliphatic heterocycles. The standard InChI is InChI=1S/C37H23N5S/c1-4-11-25(12-5-1)34-40-35(26-13-6-2-7-14-26)42-36(41-34)31-18-10-17-30(38-31)28-20-19-24-21-22-32-33(29(24)23-28)39-37(43-32)27-15-8-3-9-16-27/h1-23H. The lowest BCUT2D eigenvalue weighted by atomic mass is 10.0. The van der Waals surface area contributed by atoms with E-state index in [2.05, 4.69) is 42.5 Å². The number of hydrogen-bond donors (Lipinski definition) is 0. The van der Waals surface area contributed by atoms with Crippen molar-refractivity contribution in [1.82, 2.24) is 24.9 Å². The van der Waals surface area contributed by atoms with Crippen molar-refractivity contribution in [1.29, 1.82) is 0 Å². The van der Waals surface area contributed by atoms with Gasteiger partial charge in [0.15, 0.2) is 17.5 Å². The van der Waals surface area contributed by atoms with Gasteiger partial charge in [-0.05, 0) is 29.7 Å². The van der Waals surface area contributed by atoms with Crippen LogP contribution in [0.2, 0.25) is 0 Å². The number of nitrogens with zero attached hydrogens (tertiary/aromatic N) is 5. The van der Waals surface area contributed by atoms with E-state index in [9.17, 15) is 0 Å². The average molecular weight is 570 g/mol. The number of rotatable bonds is 5. The fraction of sp³-hybridized carbons (Fsp3) is 0. The Hall–Kier alpha value is -5.59. The predicted molar refractivity (Wildman–Crippen MR) is 175 cm³/mol. The van der Waals surface area contributed by atoms with Gasteiger partial charge in [0.05, 0.1) is 15.9 Å². The molecule has 8 aromatic rings. The third kappa shape index (κ3) is 4.84. The number of aromatic nitrogens is 5. The summed E-state index contributed by atoms with van der Waals surface area (Å²) in [7, 11) is 0. The molecule has 0 N–H and O–H groups in total. The van der Waals surface area contributed by atoms with Crippen LogP contribution in [0.15, 0.2) is 140 Å². The van der Waals surface area contributed by atoms with Crippen LogP contribution in [-0.4, -0.2) is 24.9 Å². The molecule has 8 rings (SSSR count). The SMILES string of the molecule is c1ccc(-c2nc(-c3ccccc3)nc(-c3cccc(-c4ccc5ccc6sc(-c7ccccc7)nc6c5c4)n3)n2)cc1. The van der Waals surface area contributed by atoms with Crippen LogP contribution in [0.3, 0.4) is 0 Å². The van der Waals surface area contributed by atoms with Crippen LogP contribution in [0.5, 0.6) is 0 Å². The molecule has 0 saturated heterocycles. The molecule has 5 nitrogen and oxygen atoms in total. The van der Waals surface area contributed by atoms with E-state index >= 15 is 0 Å². The van der Waals surface area contributed by atoms with Crippen molar-refractivity contribution >= 4 is 32.3 Å². The van der Waals surface area contributed by atoms with Gasteiger partial charge in [-0.3, -0.25) is 0 Å². The van der Waals surface area contributed by atoms with Gasteiger partial charge in [-0.2, -0.15) is 0 Å². The second-order valence-corrected chi connectivity index (χ2v) is 11.2. The highest BCUT2D eigenvalue weighted by Crippen LogP contribution is 2.36. The van der Waals surface area contributed by atoms with E-state index < -0.39 is 0 Å². The van der Waals surface area contributed by atoms with Crippen LogP contribution >= 0.6 is 11.3 Å². The molecule has 0 aliphatic carbocycles. The maximum Gasteiger partial charge on any atom is 0.182 e. The monoisotopic (exact) mass is 569 g/mol. The Morgan fingerprint density at radius 2 is 0.977 bits per heavy atom. The second-order valence-electron chi connectivity index (χ2n) is 10.2. The number of pyridine rings is 1. The molecule has 0 bridgehead atoms. The van der Waals surface area contributed by atoms with Crippen LogP contribution in [0.1, 0.15) is 0 Å². The highest BCUT2D eigenvalue weighted by Gasteiger charge is 2.15. The molecule has 0 fully saturated rings. The van der Waals surface area contributed by atoms with Gasteiger partial charge in [0, 0.05) is 27.6 Å². The fourth-order valence-electron chi connectivity index (χ4n) is 5.22. The molecule has 0 unspecified atom stereocenters. The second kappa shape index (κ2) is 10.7. The largest absolute Gasteiger partial charge is 0.244 e. The summed E-state index contributed by atoms with van der Waals surface area (Å²) < 4.78 is 1.16. The molecule has 202 valence electrons. The molecule has 0 saturated carbocycles. The van der Waals surface area contributed by atoms with Gasteiger partial charge in [-0.1, -0.05) is 115 Å². The van der Waals surface area contributed by atoms with E-state index in [4.69, 9.17) is 24.9 Å². The summed E-state index contributed by atoms with van der Waals surface area (Å²) in [5.41, 5.74) is 6.54. The summed E-state index contributed by atoms with van der Waals surface area (Å²) in [6, 6.07) is 47.1. The van der Waals surface area contributed by atoms with Gasteiger partial charge in [0.1, 0.15) is 10.7 Å². The van der Waals surface area contributed by atoms with E-state index in [0.29, 0.717) is 23.2 Å². The highest BCUT2D eigenvalue weighted by atomic mass is 32.1. The lowest BCUT2D eigenvalue weighted by Crippen LogP contribution is -2.01. The summed E-state index contributed by atoms with van der Waals surface area (Å²) in [6.07, 6.45) is 0. The Labute approximate surface area is 252 Å². The molecule has 43 heavy (non-hydrogen) atoms. The molecule has 0 aliphatic rings. The van der Waals surface area contributed by atoms with Crippen LogP contribution < -0.4 is 0 Å². The Morgan fingerprint density at radius 1 is 0.395 bits per heavy atom. The van der Waals surface area contributed by atoms with E-state index in [0.717, 1.165) is 53.9 Å². The number of thiazole rings is 1. The third-order valence-corrected chi connectivity index (χ3v) is 8.44. The summed E-state index contributed by atoms with van der Waals surface area (Å²) in [5, 5.41) is 3.28. The highest BCUT2D eigenvalue weighted by molar-refractivity contribution is 7.21. The quantitative estimate of drug-likeness (QED) is 0.207. The van der Waals surface area contributed by atoms with E-state index in [1.54, 1.807) is 11.3 Å². The zero-order valence-electron chi connectivity index (χ0n) is 22.9. The van der Waals surface area contributed by atoms with E-state index in [-0.39, 0.29) is 0 Å². The minimum absolute atomic E-state index is 0.532. The lowest BCUT2D eigenvalue weighted by Gasteiger charge is -2.09. The smallest absolute Gasteiger partial charge is 0.182 e. The molecule has 5 aromatic carbocycles. The molecule has 6 heteroatoms. The van der Waals surface area contributed by atoms with Crippen molar-refractivity contribution in [2.45, 2.75) is 0 Å². The minimum atomic E-state index is 0.532. The van der Waals surface area contributed by atoms with Crippen molar-refractivity contribution < 1.29 is 0 Å². The van der Waals surface area contributed by atoms with Crippen LogP contribution in [0, 0.1) is 0 Å². The first kappa shape index (κ1) is 25.1. The predicted octanol–water partition coefficient (Wildman–Crippen LogP) is 9.36. The molecule has 3 aromatic heterocycles. The molecule has 0 radical (unpaired) electrons. The molecule has 0 spiro atoms. The van der Waals surface area contributed by atoms with E-state index in [1.165, 1.54) is 0 Å². The summed E-state index contributed by atoms with van der Waals surface area (Å²) in [5.74, 6) is 1.76.